The summed E-state index contributed by atoms with van der Waals surface area (Å²) in [5.74, 6) is 2.27. The maximum Gasteiger partial charge on any atom is 0.279 e. The highest BCUT2D eigenvalue weighted by Gasteiger charge is 2.52. The number of amides is 1. The third-order valence-electron chi connectivity index (χ3n) is 7.32. The summed E-state index contributed by atoms with van der Waals surface area (Å²) in [5, 5.41) is 14.6. The van der Waals surface area contributed by atoms with E-state index in [-0.39, 0.29) is 17.9 Å². The Morgan fingerprint density at radius 3 is 2.45 bits per heavy atom. The first-order valence-corrected chi connectivity index (χ1v) is 11.7. The van der Waals surface area contributed by atoms with Crippen molar-refractivity contribution in [1.82, 2.24) is 0 Å². The SMILES string of the molecule is COc1ccc(NC(=O)C[NH+]2CC[C@@]3(O)CCCC[C@@H]3[C@@H]2c2cc(OC)ccc2OC)cc1. The fourth-order valence-electron chi connectivity index (χ4n) is 5.66. The Labute approximate surface area is 195 Å². The zero-order valence-electron chi connectivity index (χ0n) is 19.7. The number of methoxy groups -OCH3 is 3. The Hall–Kier alpha value is -2.77. The molecule has 1 aliphatic heterocycles. The van der Waals surface area contributed by atoms with Crippen LogP contribution in [0.15, 0.2) is 42.5 Å². The second-order valence-corrected chi connectivity index (χ2v) is 9.15. The number of hydrogen-bond donors (Lipinski definition) is 3. The van der Waals surface area contributed by atoms with Crippen LogP contribution in [-0.2, 0) is 4.79 Å². The minimum Gasteiger partial charge on any atom is -0.497 e. The van der Waals surface area contributed by atoms with Crippen molar-refractivity contribution in [2.45, 2.75) is 43.7 Å². The average Bonchev–Trinajstić information content (AvgIpc) is 2.84. The molecule has 1 unspecified atom stereocenters. The van der Waals surface area contributed by atoms with Crippen molar-refractivity contribution < 1.29 is 29.0 Å². The number of nitrogens with one attached hydrogen (secondary N) is 2. The van der Waals surface area contributed by atoms with E-state index in [0.29, 0.717) is 19.5 Å². The summed E-state index contributed by atoms with van der Waals surface area (Å²) >= 11 is 0. The largest absolute Gasteiger partial charge is 0.497 e. The van der Waals surface area contributed by atoms with Crippen molar-refractivity contribution in [2.75, 3.05) is 39.7 Å². The molecule has 3 N–H and O–H groups in total. The van der Waals surface area contributed by atoms with Crippen molar-refractivity contribution in [1.29, 1.82) is 0 Å². The van der Waals surface area contributed by atoms with Gasteiger partial charge in [0.15, 0.2) is 6.54 Å². The maximum atomic E-state index is 13.0. The third-order valence-corrected chi connectivity index (χ3v) is 7.32. The third kappa shape index (κ3) is 4.94. The molecule has 0 radical (unpaired) electrons. The highest BCUT2D eigenvalue weighted by Crippen LogP contribution is 2.46. The van der Waals surface area contributed by atoms with Crippen molar-refractivity contribution in [3.05, 3.63) is 48.0 Å². The zero-order valence-corrected chi connectivity index (χ0v) is 19.7. The highest BCUT2D eigenvalue weighted by molar-refractivity contribution is 5.91. The molecular weight excluding hydrogens is 420 g/mol. The zero-order chi connectivity index (χ0) is 23.4. The summed E-state index contributed by atoms with van der Waals surface area (Å²) < 4.78 is 16.4. The van der Waals surface area contributed by atoms with Gasteiger partial charge in [-0.25, -0.2) is 0 Å². The monoisotopic (exact) mass is 455 g/mol. The van der Waals surface area contributed by atoms with Crippen LogP contribution in [0.4, 0.5) is 5.69 Å². The lowest BCUT2D eigenvalue weighted by atomic mass is 9.66. The summed E-state index contributed by atoms with van der Waals surface area (Å²) in [6, 6.07) is 13.1. The number of piperidine rings is 1. The van der Waals surface area contributed by atoms with Crippen LogP contribution in [0.3, 0.4) is 0 Å². The van der Waals surface area contributed by atoms with Crippen LogP contribution in [0.1, 0.15) is 43.7 Å². The van der Waals surface area contributed by atoms with E-state index in [1.165, 1.54) is 0 Å². The summed E-state index contributed by atoms with van der Waals surface area (Å²) in [5.41, 5.74) is 1.03. The van der Waals surface area contributed by atoms with E-state index < -0.39 is 5.60 Å². The van der Waals surface area contributed by atoms with Gasteiger partial charge >= 0.3 is 0 Å². The Morgan fingerprint density at radius 1 is 1.03 bits per heavy atom. The van der Waals surface area contributed by atoms with Gasteiger partial charge in [-0.05, 0) is 55.3 Å². The molecule has 1 aliphatic carbocycles. The molecule has 4 atom stereocenters. The van der Waals surface area contributed by atoms with Crippen molar-refractivity contribution >= 4 is 11.6 Å². The fraction of sp³-hybridized carbons (Fsp3) is 0.500. The Balaban J connectivity index is 1.62. The van der Waals surface area contributed by atoms with Crippen LogP contribution in [0.2, 0.25) is 0 Å². The van der Waals surface area contributed by atoms with Gasteiger partial charge in [-0.2, -0.15) is 0 Å². The molecule has 178 valence electrons. The summed E-state index contributed by atoms with van der Waals surface area (Å²) in [4.78, 5) is 14.2. The van der Waals surface area contributed by atoms with Crippen molar-refractivity contribution in [3.8, 4) is 17.2 Å². The first-order valence-electron chi connectivity index (χ1n) is 11.7. The van der Waals surface area contributed by atoms with Crippen LogP contribution in [0.25, 0.3) is 0 Å². The molecule has 0 spiro atoms. The number of quaternary nitrogens is 1. The molecule has 1 saturated heterocycles. The van der Waals surface area contributed by atoms with Gasteiger partial charge in [-0.1, -0.05) is 12.8 Å². The second kappa shape index (κ2) is 10.0. The molecule has 0 bridgehead atoms. The van der Waals surface area contributed by atoms with Gasteiger partial charge in [-0.3, -0.25) is 4.79 Å². The summed E-state index contributed by atoms with van der Waals surface area (Å²) in [7, 11) is 4.93. The van der Waals surface area contributed by atoms with Gasteiger partial charge in [0, 0.05) is 18.0 Å². The molecular formula is C26H35N2O5+. The molecule has 1 heterocycles. The minimum atomic E-state index is -0.701. The van der Waals surface area contributed by atoms with Crippen LogP contribution < -0.4 is 24.4 Å². The first kappa shape index (κ1) is 23.4. The Kier molecular flexibility index (Phi) is 7.10. The van der Waals surface area contributed by atoms with E-state index in [1.54, 1.807) is 21.3 Å². The van der Waals surface area contributed by atoms with Crippen LogP contribution >= 0.6 is 0 Å². The van der Waals surface area contributed by atoms with Crippen molar-refractivity contribution in [3.63, 3.8) is 0 Å². The normalized spacial score (nSPS) is 26.7. The first-order chi connectivity index (χ1) is 16.0. The number of rotatable bonds is 7. The maximum absolute atomic E-state index is 13.0. The Morgan fingerprint density at radius 2 is 1.76 bits per heavy atom. The number of benzene rings is 2. The smallest absolute Gasteiger partial charge is 0.279 e. The van der Waals surface area contributed by atoms with Gasteiger partial charge in [0.25, 0.3) is 5.91 Å². The summed E-state index contributed by atoms with van der Waals surface area (Å²) in [6.45, 7) is 1.03. The van der Waals surface area contributed by atoms with Crippen molar-refractivity contribution in [2.24, 2.45) is 5.92 Å². The number of likely N-dealkylation sites (tertiary alicyclic amines) is 1. The van der Waals surface area contributed by atoms with E-state index in [9.17, 15) is 9.90 Å². The van der Waals surface area contributed by atoms with Crippen LogP contribution in [0.5, 0.6) is 17.2 Å². The molecule has 2 fully saturated rings. The number of anilines is 1. The molecule has 7 heteroatoms. The predicted octanol–water partition coefficient (Wildman–Crippen LogP) is 2.60. The lowest BCUT2D eigenvalue weighted by Gasteiger charge is -2.50. The number of aliphatic hydroxyl groups is 1. The van der Waals surface area contributed by atoms with Gasteiger partial charge in [0.1, 0.15) is 23.3 Å². The molecule has 2 aliphatic rings. The van der Waals surface area contributed by atoms with Crippen LogP contribution in [-0.4, -0.2) is 51.0 Å². The standard InChI is InChI=1S/C26H34N2O5/c1-31-19-9-7-18(8-10-19)27-24(29)17-28-15-14-26(30)13-5-4-6-22(26)25(28)21-16-20(32-2)11-12-23(21)33-3/h7-12,16,22,25,30H,4-6,13-15,17H2,1-3H3,(H,27,29)/p+1/t22-,25+,26+/m1/s1. The number of fused-ring (bicyclic) bond motifs is 1. The number of carbonyl (C=O) groups is 1. The average molecular weight is 456 g/mol. The molecule has 1 amide bonds. The van der Waals surface area contributed by atoms with E-state index in [0.717, 1.165) is 59.1 Å². The molecule has 0 aromatic heterocycles. The highest BCUT2D eigenvalue weighted by atomic mass is 16.5. The lowest BCUT2D eigenvalue weighted by Crippen LogP contribution is -3.16. The molecule has 7 nitrogen and oxygen atoms in total. The summed E-state index contributed by atoms with van der Waals surface area (Å²) in [6.07, 6.45) is 4.58. The Bertz CT molecular complexity index is 964. The van der Waals surface area contributed by atoms with E-state index in [2.05, 4.69) is 5.32 Å². The predicted molar refractivity (Wildman–Crippen MR) is 126 cm³/mol. The van der Waals surface area contributed by atoms with E-state index in [1.807, 2.05) is 42.5 Å². The van der Waals surface area contributed by atoms with Gasteiger partial charge in [-0.15, -0.1) is 0 Å². The van der Waals surface area contributed by atoms with Crippen LogP contribution in [0, 0.1) is 5.92 Å². The second-order valence-electron chi connectivity index (χ2n) is 9.15. The molecule has 2 aromatic carbocycles. The number of carbonyl (C=O) groups excluding carboxylic acids is 1. The minimum absolute atomic E-state index is 0.0525. The van der Waals surface area contributed by atoms with Gasteiger partial charge in [0.2, 0.25) is 0 Å². The molecule has 1 saturated carbocycles. The quantitative estimate of drug-likeness (QED) is 0.598. The number of ether oxygens (including phenoxy) is 3. The van der Waals surface area contributed by atoms with Gasteiger partial charge < -0.3 is 29.5 Å². The molecule has 4 rings (SSSR count). The topological polar surface area (TPSA) is 81.5 Å². The van der Waals surface area contributed by atoms with E-state index in [4.69, 9.17) is 14.2 Å². The fourth-order valence-corrected chi connectivity index (χ4v) is 5.66. The van der Waals surface area contributed by atoms with Gasteiger partial charge in [0.05, 0.1) is 39.0 Å². The van der Waals surface area contributed by atoms with E-state index >= 15 is 0 Å². The molecule has 2 aromatic rings. The molecule has 33 heavy (non-hydrogen) atoms. The lowest BCUT2D eigenvalue weighted by molar-refractivity contribution is -0.937. The number of hydrogen-bond acceptors (Lipinski definition) is 5.